The Morgan fingerprint density at radius 1 is 1.18 bits per heavy atom. The number of rotatable bonds is 6. The van der Waals surface area contributed by atoms with Crippen LogP contribution in [0.3, 0.4) is 0 Å². The van der Waals surface area contributed by atoms with Crippen LogP contribution in [0.5, 0.6) is 0 Å². The van der Waals surface area contributed by atoms with Gasteiger partial charge in [0.05, 0.1) is 0 Å². The van der Waals surface area contributed by atoms with Crippen molar-refractivity contribution in [2.75, 3.05) is 13.2 Å². The van der Waals surface area contributed by atoms with Gasteiger partial charge in [0.15, 0.2) is 5.78 Å². The molecular weight excluding hydrogens is 220 g/mol. The second-order valence-corrected chi connectivity index (χ2v) is 4.09. The number of carboxylic acids is 1. The van der Waals surface area contributed by atoms with Crippen molar-refractivity contribution in [3.8, 4) is 0 Å². The van der Waals surface area contributed by atoms with Gasteiger partial charge in [-0.15, -0.1) is 0 Å². The smallest absolute Gasteiger partial charge is 0.329 e. The Labute approximate surface area is 100 Å². The highest BCUT2D eigenvalue weighted by molar-refractivity contribution is 5.97. The largest absolute Gasteiger partial charge is 0.480 e. The summed E-state index contributed by atoms with van der Waals surface area (Å²) in [7, 11) is 0. The summed E-state index contributed by atoms with van der Waals surface area (Å²) < 4.78 is 4.74. The minimum absolute atomic E-state index is 0.201. The van der Waals surface area contributed by atoms with Gasteiger partial charge >= 0.3 is 5.97 Å². The van der Waals surface area contributed by atoms with Gasteiger partial charge in [0.1, 0.15) is 13.2 Å². The number of carbonyl (C=O) groups is 2. The molecule has 0 aliphatic rings. The first-order valence-electron chi connectivity index (χ1n) is 5.43. The molecule has 0 aromatic heterocycles. The lowest BCUT2D eigenvalue weighted by atomic mass is 10.0. The molecule has 1 N–H and O–H groups in total. The van der Waals surface area contributed by atoms with Gasteiger partial charge in [-0.25, -0.2) is 4.79 Å². The Hall–Kier alpha value is -1.68. The Balaban J connectivity index is 2.54. The third-order valence-electron chi connectivity index (χ3n) is 2.36. The highest BCUT2D eigenvalue weighted by Gasteiger charge is 2.08. The van der Waals surface area contributed by atoms with Crippen molar-refractivity contribution in [2.24, 2.45) is 0 Å². The Bertz CT molecular complexity index is 392. The van der Waals surface area contributed by atoms with Crippen LogP contribution < -0.4 is 0 Å². The molecule has 0 radical (unpaired) electrons. The molecule has 17 heavy (non-hydrogen) atoms. The first-order valence-corrected chi connectivity index (χ1v) is 5.43. The maximum Gasteiger partial charge on any atom is 0.329 e. The molecule has 0 bridgehead atoms. The summed E-state index contributed by atoms with van der Waals surface area (Å²) in [5, 5.41) is 8.36. The highest BCUT2D eigenvalue weighted by atomic mass is 16.5. The Morgan fingerprint density at radius 2 is 1.76 bits per heavy atom. The molecule has 0 unspecified atom stereocenters. The summed E-state index contributed by atoms with van der Waals surface area (Å²) in [5.74, 6) is -0.864. The maximum absolute atomic E-state index is 11.6. The standard InChI is InChI=1S/C13H16O4/c1-9(2)10-3-5-11(6-4-10)12(14)7-17-8-13(15)16/h3-6,9H,7-8H2,1-2H3,(H,15,16). The van der Waals surface area contributed by atoms with E-state index < -0.39 is 12.6 Å². The van der Waals surface area contributed by atoms with Gasteiger partial charge in [0.25, 0.3) is 0 Å². The van der Waals surface area contributed by atoms with Crippen molar-refractivity contribution < 1.29 is 19.4 Å². The summed E-state index contributed by atoms with van der Waals surface area (Å²) in [4.78, 5) is 21.8. The first kappa shape index (κ1) is 13.4. The molecule has 0 aliphatic heterocycles. The minimum atomic E-state index is -1.08. The van der Waals surface area contributed by atoms with Crippen LogP contribution in [0.1, 0.15) is 35.7 Å². The predicted molar refractivity (Wildman–Crippen MR) is 63.3 cm³/mol. The lowest BCUT2D eigenvalue weighted by Crippen LogP contribution is -2.14. The van der Waals surface area contributed by atoms with E-state index in [2.05, 4.69) is 13.8 Å². The molecule has 1 aromatic rings. The lowest BCUT2D eigenvalue weighted by molar-refractivity contribution is -0.141. The van der Waals surface area contributed by atoms with E-state index in [1.807, 2.05) is 12.1 Å². The van der Waals surface area contributed by atoms with Crippen LogP contribution in [-0.4, -0.2) is 30.1 Å². The fourth-order valence-corrected chi connectivity index (χ4v) is 1.37. The highest BCUT2D eigenvalue weighted by Crippen LogP contribution is 2.14. The van der Waals surface area contributed by atoms with E-state index in [4.69, 9.17) is 9.84 Å². The van der Waals surface area contributed by atoms with Gasteiger partial charge in [-0.1, -0.05) is 38.1 Å². The van der Waals surface area contributed by atoms with Crippen LogP contribution in [0.15, 0.2) is 24.3 Å². The number of benzene rings is 1. The summed E-state index contributed by atoms with van der Waals surface area (Å²) in [5.41, 5.74) is 1.70. The Morgan fingerprint density at radius 3 is 2.24 bits per heavy atom. The van der Waals surface area contributed by atoms with Crippen molar-refractivity contribution >= 4 is 11.8 Å². The Kier molecular flexibility index (Phi) is 4.84. The fourth-order valence-electron chi connectivity index (χ4n) is 1.37. The lowest BCUT2D eigenvalue weighted by Gasteiger charge is -2.06. The van der Waals surface area contributed by atoms with Crippen molar-refractivity contribution in [1.29, 1.82) is 0 Å². The summed E-state index contributed by atoms with van der Waals surface area (Å²) >= 11 is 0. The molecule has 1 aromatic carbocycles. The third-order valence-corrected chi connectivity index (χ3v) is 2.36. The van der Waals surface area contributed by atoms with E-state index in [9.17, 15) is 9.59 Å². The average molecular weight is 236 g/mol. The van der Waals surface area contributed by atoms with Gasteiger partial charge in [-0.3, -0.25) is 4.79 Å². The maximum atomic E-state index is 11.6. The molecule has 0 saturated heterocycles. The van der Waals surface area contributed by atoms with E-state index in [1.54, 1.807) is 12.1 Å². The van der Waals surface area contributed by atoms with Crippen LogP contribution in [0, 0.1) is 0 Å². The van der Waals surface area contributed by atoms with Crippen molar-refractivity contribution in [3.63, 3.8) is 0 Å². The number of aliphatic carboxylic acids is 1. The van der Waals surface area contributed by atoms with E-state index in [1.165, 1.54) is 0 Å². The van der Waals surface area contributed by atoms with Crippen LogP contribution in [0.4, 0.5) is 0 Å². The fraction of sp³-hybridized carbons (Fsp3) is 0.385. The number of ketones is 1. The van der Waals surface area contributed by atoms with Gasteiger partial charge in [-0.05, 0) is 11.5 Å². The molecule has 4 nitrogen and oxygen atoms in total. The van der Waals surface area contributed by atoms with Gasteiger partial charge in [-0.2, -0.15) is 0 Å². The first-order chi connectivity index (χ1) is 8.00. The van der Waals surface area contributed by atoms with Crippen molar-refractivity contribution in [2.45, 2.75) is 19.8 Å². The third kappa shape index (κ3) is 4.36. The zero-order valence-electron chi connectivity index (χ0n) is 9.97. The molecular formula is C13H16O4. The number of hydrogen-bond acceptors (Lipinski definition) is 3. The number of hydrogen-bond donors (Lipinski definition) is 1. The molecule has 1 rings (SSSR count). The molecule has 0 amide bonds. The summed E-state index contributed by atoms with van der Waals surface area (Å²) in [6.45, 7) is 3.50. The summed E-state index contributed by atoms with van der Waals surface area (Å²) in [6.07, 6.45) is 0. The van der Waals surface area contributed by atoms with Crippen LogP contribution in [0.25, 0.3) is 0 Å². The topological polar surface area (TPSA) is 63.6 Å². The molecule has 0 aliphatic carbocycles. The number of carboxylic acid groups (broad SMARTS) is 1. The van der Waals surface area contributed by atoms with E-state index in [0.717, 1.165) is 5.56 Å². The minimum Gasteiger partial charge on any atom is -0.480 e. The second kappa shape index (κ2) is 6.15. The number of carbonyl (C=O) groups excluding carboxylic acids is 1. The van der Waals surface area contributed by atoms with E-state index in [0.29, 0.717) is 11.5 Å². The zero-order valence-corrected chi connectivity index (χ0v) is 9.97. The SMILES string of the molecule is CC(C)c1ccc(C(=O)COCC(=O)O)cc1. The molecule has 0 heterocycles. The number of Topliss-reactive ketones (excluding diaryl/α,β-unsaturated/α-hetero) is 1. The average Bonchev–Trinajstić information content (AvgIpc) is 2.28. The molecule has 0 saturated carbocycles. The van der Waals surface area contributed by atoms with E-state index >= 15 is 0 Å². The zero-order chi connectivity index (χ0) is 12.8. The van der Waals surface area contributed by atoms with Gasteiger partial charge in [0, 0.05) is 5.56 Å². The van der Waals surface area contributed by atoms with Crippen LogP contribution in [-0.2, 0) is 9.53 Å². The van der Waals surface area contributed by atoms with Gasteiger partial charge < -0.3 is 9.84 Å². The quantitative estimate of drug-likeness (QED) is 0.768. The van der Waals surface area contributed by atoms with Crippen molar-refractivity contribution in [1.82, 2.24) is 0 Å². The molecule has 92 valence electrons. The molecule has 4 heteroatoms. The van der Waals surface area contributed by atoms with E-state index in [-0.39, 0.29) is 12.4 Å². The monoisotopic (exact) mass is 236 g/mol. The molecule has 0 fully saturated rings. The molecule has 0 atom stereocenters. The predicted octanol–water partition coefficient (Wildman–Crippen LogP) is 2.09. The van der Waals surface area contributed by atoms with Gasteiger partial charge in [0.2, 0.25) is 0 Å². The number of ether oxygens (including phenoxy) is 1. The second-order valence-electron chi connectivity index (χ2n) is 4.09. The normalized spacial score (nSPS) is 10.5. The van der Waals surface area contributed by atoms with Crippen molar-refractivity contribution in [3.05, 3.63) is 35.4 Å². The van der Waals surface area contributed by atoms with Crippen LogP contribution >= 0.6 is 0 Å². The summed E-state index contributed by atoms with van der Waals surface area (Å²) in [6, 6.07) is 7.27. The molecule has 0 spiro atoms. The van der Waals surface area contributed by atoms with Crippen LogP contribution in [0.2, 0.25) is 0 Å².